The molecule has 2 rings (SSSR count). The predicted octanol–water partition coefficient (Wildman–Crippen LogP) is 1.87. The SMILES string of the molecule is O=C(O)COc1ccc(C=CC(=O)NCc2cccnc2)cc1. The van der Waals surface area contributed by atoms with Gasteiger partial charge in [-0.25, -0.2) is 4.79 Å². The quantitative estimate of drug-likeness (QED) is 0.762. The highest BCUT2D eigenvalue weighted by molar-refractivity contribution is 5.91. The highest BCUT2D eigenvalue weighted by Crippen LogP contribution is 2.13. The Kier molecular flexibility index (Phi) is 5.88. The van der Waals surface area contributed by atoms with E-state index >= 15 is 0 Å². The summed E-state index contributed by atoms with van der Waals surface area (Å²) in [5, 5.41) is 11.3. The topological polar surface area (TPSA) is 88.5 Å². The average Bonchev–Trinajstić information content (AvgIpc) is 2.58. The highest BCUT2D eigenvalue weighted by atomic mass is 16.5. The number of hydrogen-bond acceptors (Lipinski definition) is 4. The number of nitrogens with zero attached hydrogens (tertiary/aromatic N) is 1. The van der Waals surface area contributed by atoms with Gasteiger partial charge < -0.3 is 15.2 Å². The van der Waals surface area contributed by atoms with Gasteiger partial charge in [-0.15, -0.1) is 0 Å². The van der Waals surface area contributed by atoms with Gasteiger partial charge in [-0.1, -0.05) is 18.2 Å². The molecule has 0 saturated carbocycles. The molecule has 0 aliphatic heterocycles. The molecule has 0 radical (unpaired) electrons. The van der Waals surface area contributed by atoms with Gasteiger partial charge in [0.05, 0.1) is 0 Å². The van der Waals surface area contributed by atoms with Crippen LogP contribution in [0.25, 0.3) is 6.08 Å². The van der Waals surface area contributed by atoms with E-state index in [0.717, 1.165) is 11.1 Å². The van der Waals surface area contributed by atoms with Gasteiger partial charge in [-0.2, -0.15) is 0 Å². The zero-order valence-corrected chi connectivity index (χ0v) is 12.3. The van der Waals surface area contributed by atoms with Crippen LogP contribution in [0.15, 0.2) is 54.9 Å². The smallest absolute Gasteiger partial charge is 0.341 e. The summed E-state index contributed by atoms with van der Waals surface area (Å²) < 4.78 is 5.03. The lowest BCUT2D eigenvalue weighted by atomic mass is 10.2. The van der Waals surface area contributed by atoms with E-state index in [9.17, 15) is 9.59 Å². The molecule has 1 heterocycles. The first-order valence-electron chi connectivity index (χ1n) is 6.93. The van der Waals surface area contributed by atoms with Crippen LogP contribution in [0.2, 0.25) is 0 Å². The molecule has 0 aliphatic rings. The van der Waals surface area contributed by atoms with Gasteiger partial charge in [-0.3, -0.25) is 9.78 Å². The zero-order valence-electron chi connectivity index (χ0n) is 12.3. The molecule has 23 heavy (non-hydrogen) atoms. The molecular weight excluding hydrogens is 296 g/mol. The van der Waals surface area contributed by atoms with Crippen molar-refractivity contribution in [3.05, 3.63) is 66.0 Å². The van der Waals surface area contributed by atoms with E-state index in [0.29, 0.717) is 12.3 Å². The number of nitrogens with one attached hydrogen (secondary N) is 1. The van der Waals surface area contributed by atoms with E-state index in [1.165, 1.54) is 6.08 Å². The molecule has 1 amide bonds. The van der Waals surface area contributed by atoms with Crippen LogP contribution in [0, 0.1) is 0 Å². The summed E-state index contributed by atoms with van der Waals surface area (Å²) in [6.45, 7) is 0.0327. The third-order valence-electron chi connectivity index (χ3n) is 2.86. The molecule has 0 atom stereocenters. The van der Waals surface area contributed by atoms with Gasteiger partial charge in [0, 0.05) is 25.0 Å². The molecule has 1 aromatic carbocycles. The third-order valence-corrected chi connectivity index (χ3v) is 2.86. The Morgan fingerprint density at radius 1 is 1.22 bits per heavy atom. The van der Waals surface area contributed by atoms with Gasteiger partial charge in [-0.05, 0) is 35.4 Å². The van der Waals surface area contributed by atoms with Crippen molar-refractivity contribution in [2.75, 3.05) is 6.61 Å². The van der Waals surface area contributed by atoms with E-state index in [1.54, 1.807) is 42.7 Å². The number of carbonyl (C=O) groups excluding carboxylic acids is 1. The van der Waals surface area contributed by atoms with Crippen molar-refractivity contribution in [3.63, 3.8) is 0 Å². The number of amides is 1. The van der Waals surface area contributed by atoms with Crippen molar-refractivity contribution in [2.24, 2.45) is 0 Å². The van der Waals surface area contributed by atoms with Crippen LogP contribution < -0.4 is 10.1 Å². The maximum absolute atomic E-state index is 11.7. The van der Waals surface area contributed by atoms with Gasteiger partial charge in [0.15, 0.2) is 6.61 Å². The monoisotopic (exact) mass is 312 g/mol. The van der Waals surface area contributed by atoms with Gasteiger partial charge in [0.1, 0.15) is 5.75 Å². The molecule has 0 aliphatic carbocycles. The molecule has 0 unspecified atom stereocenters. The molecule has 1 aromatic heterocycles. The normalized spacial score (nSPS) is 10.4. The minimum atomic E-state index is -1.03. The Labute approximate surface area is 133 Å². The first kappa shape index (κ1) is 16.2. The fraction of sp³-hybridized carbons (Fsp3) is 0.118. The van der Waals surface area contributed by atoms with E-state index in [2.05, 4.69) is 10.3 Å². The summed E-state index contributed by atoms with van der Waals surface area (Å²) in [5.41, 5.74) is 1.73. The summed E-state index contributed by atoms with van der Waals surface area (Å²) in [6.07, 6.45) is 6.47. The lowest BCUT2D eigenvalue weighted by molar-refractivity contribution is -0.139. The second kappa shape index (κ2) is 8.33. The van der Waals surface area contributed by atoms with Crippen LogP contribution in [0.1, 0.15) is 11.1 Å². The molecule has 6 nitrogen and oxygen atoms in total. The number of carboxylic acid groups (broad SMARTS) is 1. The number of rotatable bonds is 7. The summed E-state index contributed by atoms with van der Waals surface area (Å²) in [6, 6.07) is 10.5. The number of carboxylic acids is 1. The van der Waals surface area contributed by atoms with Crippen LogP contribution in [0.4, 0.5) is 0 Å². The molecule has 0 spiro atoms. The van der Waals surface area contributed by atoms with Crippen LogP contribution in [0.3, 0.4) is 0 Å². The Hall–Kier alpha value is -3.15. The third kappa shape index (κ3) is 6.01. The van der Waals surface area contributed by atoms with Crippen molar-refractivity contribution in [2.45, 2.75) is 6.54 Å². The second-order valence-corrected chi connectivity index (χ2v) is 4.66. The Morgan fingerprint density at radius 3 is 2.65 bits per heavy atom. The number of ether oxygens (including phenoxy) is 1. The van der Waals surface area contributed by atoms with Gasteiger partial charge in [0.25, 0.3) is 0 Å². The number of benzene rings is 1. The van der Waals surface area contributed by atoms with Crippen molar-refractivity contribution < 1.29 is 19.4 Å². The van der Waals surface area contributed by atoms with Crippen LogP contribution in [0.5, 0.6) is 5.75 Å². The second-order valence-electron chi connectivity index (χ2n) is 4.66. The molecule has 2 N–H and O–H groups in total. The average molecular weight is 312 g/mol. The standard InChI is InChI=1S/C17H16N2O4/c20-16(19-11-14-2-1-9-18-10-14)8-5-13-3-6-15(7-4-13)23-12-17(21)22/h1-10H,11-12H2,(H,19,20)(H,21,22). The summed E-state index contributed by atoms with van der Waals surface area (Å²) in [7, 11) is 0. The lowest BCUT2D eigenvalue weighted by Crippen LogP contribution is -2.20. The molecule has 0 bridgehead atoms. The Balaban J connectivity index is 1.82. The van der Waals surface area contributed by atoms with Crippen molar-refractivity contribution in [3.8, 4) is 5.75 Å². The molecule has 2 aromatic rings. The number of carbonyl (C=O) groups is 2. The minimum absolute atomic E-state index is 0.208. The van der Waals surface area contributed by atoms with Gasteiger partial charge >= 0.3 is 5.97 Å². The molecular formula is C17H16N2O4. The minimum Gasteiger partial charge on any atom is -0.482 e. The predicted molar refractivity (Wildman–Crippen MR) is 84.7 cm³/mol. The van der Waals surface area contributed by atoms with Crippen molar-refractivity contribution >= 4 is 18.0 Å². The summed E-state index contributed by atoms with van der Waals surface area (Å²) >= 11 is 0. The maximum Gasteiger partial charge on any atom is 0.341 e. The number of hydrogen-bond donors (Lipinski definition) is 2. The lowest BCUT2D eigenvalue weighted by Gasteiger charge is -2.03. The van der Waals surface area contributed by atoms with Crippen LogP contribution in [-0.2, 0) is 16.1 Å². The molecule has 118 valence electrons. The Bertz CT molecular complexity index is 681. The van der Waals surface area contributed by atoms with Crippen LogP contribution in [-0.4, -0.2) is 28.6 Å². The van der Waals surface area contributed by atoms with Crippen LogP contribution >= 0.6 is 0 Å². The molecule has 0 fully saturated rings. The number of pyridine rings is 1. The Morgan fingerprint density at radius 2 is 2.00 bits per heavy atom. The highest BCUT2D eigenvalue weighted by Gasteiger charge is 1.99. The molecule has 0 saturated heterocycles. The summed E-state index contributed by atoms with van der Waals surface area (Å²) in [5.74, 6) is -0.773. The number of aliphatic carboxylic acids is 1. The van der Waals surface area contributed by atoms with E-state index in [1.807, 2.05) is 12.1 Å². The maximum atomic E-state index is 11.7. The number of aromatic nitrogens is 1. The fourth-order valence-electron chi connectivity index (χ4n) is 1.74. The van der Waals surface area contributed by atoms with Crippen molar-refractivity contribution in [1.82, 2.24) is 10.3 Å². The van der Waals surface area contributed by atoms with E-state index in [4.69, 9.17) is 9.84 Å². The zero-order chi connectivity index (χ0) is 16.5. The van der Waals surface area contributed by atoms with E-state index < -0.39 is 5.97 Å². The first-order chi connectivity index (χ1) is 11.1. The largest absolute Gasteiger partial charge is 0.482 e. The van der Waals surface area contributed by atoms with Crippen molar-refractivity contribution in [1.29, 1.82) is 0 Å². The van der Waals surface area contributed by atoms with Gasteiger partial charge in [0.2, 0.25) is 5.91 Å². The molecule has 6 heteroatoms. The van der Waals surface area contributed by atoms with E-state index in [-0.39, 0.29) is 12.5 Å². The fourth-order valence-corrected chi connectivity index (χ4v) is 1.74. The first-order valence-corrected chi connectivity index (χ1v) is 6.93. The summed E-state index contributed by atoms with van der Waals surface area (Å²) in [4.78, 5) is 26.1.